The summed E-state index contributed by atoms with van der Waals surface area (Å²) in [5, 5.41) is 8.97. The standard InChI is InChI=1S/C14H22N4O/c1-11-3-4-13-12(9-11)16-14(18(13)6-5-15)10-17(2)7-8-19/h3-4,9,19H,5-8,10,15H2,1-2H3. The molecule has 5 heteroatoms. The molecule has 2 aromatic rings. The van der Waals surface area contributed by atoms with Crippen molar-refractivity contribution in [1.82, 2.24) is 14.5 Å². The summed E-state index contributed by atoms with van der Waals surface area (Å²) in [7, 11) is 1.98. The lowest BCUT2D eigenvalue weighted by atomic mass is 10.2. The smallest absolute Gasteiger partial charge is 0.124 e. The highest BCUT2D eigenvalue weighted by molar-refractivity contribution is 5.76. The molecule has 5 nitrogen and oxygen atoms in total. The van der Waals surface area contributed by atoms with Crippen molar-refractivity contribution in [3.05, 3.63) is 29.6 Å². The molecule has 1 aromatic carbocycles. The monoisotopic (exact) mass is 262 g/mol. The molecule has 0 spiro atoms. The van der Waals surface area contributed by atoms with Gasteiger partial charge in [0.15, 0.2) is 0 Å². The van der Waals surface area contributed by atoms with Crippen LogP contribution in [-0.2, 0) is 13.1 Å². The van der Waals surface area contributed by atoms with Crippen LogP contribution >= 0.6 is 0 Å². The van der Waals surface area contributed by atoms with Crippen LogP contribution in [0.15, 0.2) is 18.2 Å². The summed E-state index contributed by atoms with van der Waals surface area (Å²) in [6.45, 7) is 4.95. The maximum atomic E-state index is 8.97. The quantitative estimate of drug-likeness (QED) is 0.805. The minimum atomic E-state index is 0.159. The Hall–Kier alpha value is -1.43. The first kappa shape index (κ1) is 14.0. The molecule has 0 fully saturated rings. The van der Waals surface area contributed by atoms with Crippen LogP contribution in [0.1, 0.15) is 11.4 Å². The fourth-order valence-electron chi connectivity index (χ4n) is 2.28. The first-order valence-corrected chi connectivity index (χ1v) is 6.61. The summed E-state index contributed by atoms with van der Waals surface area (Å²) in [5.74, 6) is 1.00. The maximum absolute atomic E-state index is 8.97. The number of aliphatic hydroxyl groups excluding tert-OH is 1. The number of likely N-dealkylation sites (N-methyl/N-ethyl adjacent to an activating group) is 1. The van der Waals surface area contributed by atoms with Crippen molar-refractivity contribution in [2.24, 2.45) is 5.73 Å². The minimum Gasteiger partial charge on any atom is -0.395 e. The van der Waals surface area contributed by atoms with Crippen molar-refractivity contribution in [1.29, 1.82) is 0 Å². The number of aryl methyl sites for hydroxylation is 1. The van der Waals surface area contributed by atoms with Gasteiger partial charge in [0.1, 0.15) is 5.82 Å². The molecule has 0 aliphatic heterocycles. The lowest BCUT2D eigenvalue weighted by Crippen LogP contribution is -2.24. The predicted octanol–water partition coefficient (Wildman–Crippen LogP) is 0.728. The highest BCUT2D eigenvalue weighted by Gasteiger charge is 2.12. The summed E-state index contributed by atoms with van der Waals surface area (Å²) >= 11 is 0. The van der Waals surface area contributed by atoms with Crippen molar-refractivity contribution in [2.75, 3.05) is 26.7 Å². The Kier molecular flexibility index (Phi) is 4.52. The van der Waals surface area contributed by atoms with E-state index in [1.807, 2.05) is 7.05 Å². The number of nitrogens with two attached hydrogens (primary N) is 1. The van der Waals surface area contributed by atoms with Gasteiger partial charge in [-0.1, -0.05) is 6.07 Å². The topological polar surface area (TPSA) is 67.3 Å². The number of imidazole rings is 1. The van der Waals surface area contributed by atoms with E-state index in [0.29, 0.717) is 19.6 Å². The van der Waals surface area contributed by atoms with Crippen LogP contribution in [0.3, 0.4) is 0 Å². The molecule has 1 aromatic heterocycles. The molecule has 0 unspecified atom stereocenters. The summed E-state index contributed by atoms with van der Waals surface area (Å²) in [6.07, 6.45) is 0. The second kappa shape index (κ2) is 6.14. The van der Waals surface area contributed by atoms with E-state index in [1.54, 1.807) is 0 Å². The average molecular weight is 262 g/mol. The second-order valence-electron chi connectivity index (χ2n) is 4.92. The van der Waals surface area contributed by atoms with Crippen LogP contribution in [0.4, 0.5) is 0 Å². The predicted molar refractivity (Wildman–Crippen MR) is 76.9 cm³/mol. The Bertz CT molecular complexity index is 550. The normalized spacial score (nSPS) is 11.6. The molecule has 19 heavy (non-hydrogen) atoms. The molecule has 0 bridgehead atoms. The van der Waals surface area contributed by atoms with Crippen molar-refractivity contribution >= 4 is 11.0 Å². The number of hydrogen-bond acceptors (Lipinski definition) is 4. The van der Waals surface area contributed by atoms with Gasteiger partial charge in [0, 0.05) is 19.6 Å². The van der Waals surface area contributed by atoms with Gasteiger partial charge in [0.25, 0.3) is 0 Å². The van der Waals surface area contributed by atoms with Gasteiger partial charge < -0.3 is 15.4 Å². The van der Waals surface area contributed by atoms with E-state index in [1.165, 1.54) is 5.56 Å². The van der Waals surface area contributed by atoms with E-state index in [9.17, 15) is 0 Å². The molecule has 3 N–H and O–H groups in total. The van der Waals surface area contributed by atoms with Crippen LogP contribution in [0.2, 0.25) is 0 Å². The summed E-state index contributed by atoms with van der Waals surface area (Å²) in [5.41, 5.74) is 9.05. The molecule has 0 aliphatic rings. The third kappa shape index (κ3) is 3.12. The van der Waals surface area contributed by atoms with Crippen LogP contribution < -0.4 is 5.73 Å². The fraction of sp³-hybridized carbons (Fsp3) is 0.500. The average Bonchev–Trinajstić information content (AvgIpc) is 2.67. The highest BCUT2D eigenvalue weighted by Crippen LogP contribution is 2.18. The number of rotatable bonds is 6. The van der Waals surface area contributed by atoms with E-state index in [2.05, 4.69) is 34.6 Å². The zero-order chi connectivity index (χ0) is 13.8. The Labute approximate surface area is 113 Å². The first-order chi connectivity index (χ1) is 9.15. The molecule has 2 rings (SSSR count). The van der Waals surface area contributed by atoms with Gasteiger partial charge in [0.05, 0.1) is 24.2 Å². The lowest BCUT2D eigenvalue weighted by Gasteiger charge is -2.15. The van der Waals surface area contributed by atoms with Gasteiger partial charge in [-0.15, -0.1) is 0 Å². The zero-order valence-corrected chi connectivity index (χ0v) is 11.6. The van der Waals surface area contributed by atoms with Crippen molar-refractivity contribution < 1.29 is 5.11 Å². The lowest BCUT2D eigenvalue weighted by molar-refractivity contribution is 0.213. The number of benzene rings is 1. The third-order valence-corrected chi connectivity index (χ3v) is 3.23. The molecule has 0 radical (unpaired) electrons. The van der Waals surface area contributed by atoms with Gasteiger partial charge in [-0.2, -0.15) is 0 Å². The number of nitrogens with zero attached hydrogens (tertiary/aromatic N) is 3. The zero-order valence-electron chi connectivity index (χ0n) is 11.6. The molecule has 104 valence electrons. The van der Waals surface area contributed by atoms with Crippen LogP contribution in [-0.4, -0.2) is 46.3 Å². The van der Waals surface area contributed by atoms with Crippen LogP contribution in [0, 0.1) is 6.92 Å². The van der Waals surface area contributed by atoms with Crippen molar-refractivity contribution in [3.8, 4) is 0 Å². The number of hydrogen-bond donors (Lipinski definition) is 2. The Morgan fingerprint density at radius 2 is 2.21 bits per heavy atom. The molecule has 0 saturated heterocycles. The van der Waals surface area contributed by atoms with Gasteiger partial charge in [0.2, 0.25) is 0 Å². The molecule has 0 amide bonds. The number of fused-ring (bicyclic) bond motifs is 1. The summed E-state index contributed by atoms with van der Waals surface area (Å²) in [6, 6.07) is 6.29. The molecule has 0 atom stereocenters. The maximum Gasteiger partial charge on any atom is 0.124 e. The van der Waals surface area contributed by atoms with Crippen molar-refractivity contribution in [2.45, 2.75) is 20.0 Å². The van der Waals surface area contributed by atoms with E-state index in [0.717, 1.165) is 23.4 Å². The minimum absolute atomic E-state index is 0.159. The van der Waals surface area contributed by atoms with Gasteiger partial charge in [-0.05, 0) is 31.7 Å². The molecular formula is C14H22N4O. The molecule has 0 aliphatic carbocycles. The molecular weight excluding hydrogens is 240 g/mol. The Balaban J connectivity index is 2.38. The SMILES string of the molecule is Cc1ccc2c(c1)nc(CN(C)CCO)n2CCN. The largest absolute Gasteiger partial charge is 0.395 e. The van der Waals surface area contributed by atoms with Gasteiger partial charge in [-0.3, -0.25) is 4.90 Å². The molecule has 1 heterocycles. The van der Waals surface area contributed by atoms with E-state index in [-0.39, 0.29) is 6.61 Å². The fourth-order valence-corrected chi connectivity index (χ4v) is 2.28. The summed E-state index contributed by atoms with van der Waals surface area (Å²) < 4.78 is 2.17. The van der Waals surface area contributed by atoms with Gasteiger partial charge in [-0.25, -0.2) is 4.98 Å². The van der Waals surface area contributed by atoms with Crippen LogP contribution in [0.25, 0.3) is 11.0 Å². The Morgan fingerprint density at radius 3 is 2.89 bits per heavy atom. The number of aromatic nitrogens is 2. The first-order valence-electron chi connectivity index (χ1n) is 6.61. The Morgan fingerprint density at radius 1 is 1.42 bits per heavy atom. The van der Waals surface area contributed by atoms with E-state index < -0.39 is 0 Å². The van der Waals surface area contributed by atoms with E-state index >= 15 is 0 Å². The third-order valence-electron chi connectivity index (χ3n) is 3.23. The second-order valence-corrected chi connectivity index (χ2v) is 4.92. The number of aliphatic hydroxyl groups is 1. The summed E-state index contributed by atoms with van der Waals surface area (Å²) in [4.78, 5) is 6.76. The molecule has 0 saturated carbocycles. The van der Waals surface area contributed by atoms with Crippen LogP contribution in [0.5, 0.6) is 0 Å². The van der Waals surface area contributed by atoms with Gasteiger partial charge >= 0.3 is 0 Å². The van der Waals surface area contributed by atoms with E-state index in [4.69, 9.17) is 15.8 Å². The van der Waals surface area contributed by atoms with Crippen molar-refractivity contribution in [3.63, 3.8) is 0 Å². The highest BCUT2D eigenvalue weighted by atomic mass is 16.3.